The fourth-order valence-electron chi connectivity index (χ4n) is 1.81. The molecule has 0 radical (unpaired) electrons. The van der Waals surface area contributed by atoms with Gasteiger partial charge in [0.1, 0.15) is 0 Å². The predicted molar refractivity (Wildman–Crippen MR) is 69.4 cm³/mol. The molecule has 1 unspecified atom stereocenters. The summed E-state index contributed by atoms with van der Waals surface area (Å²) in [5.41, 5.74) is 5.73. The van der Waals surface area contributed by atoms with Crippen molar-refractivity contribution < 1.29 is 13.2 Å². The van der Waals surface area contributed by atoms with E-state index in [-0.39, 0.29) is 5.56 Å². The molecule has 2 rings (SSSR count). The lowest BCUT2D eigenvalue weighted by atomic mass is 9.97. The highest BCUT2D eigenvalue weighted by Crippen LogP contribution is 2.36. The molecule has 1 heterocycles. The van der Waals surface area contributed by atoms with E-state index in [0.717, 1.165) is 18.5 Å². The molecule has 0 aliphatic heterocycles. The van der Waals surface area contributed by atoms with Gasteiger partial charge in [-0.1, -0.05) is 34.1 Å². The van der Waals surface area contributed by atoms with Gasteiger partial charge in [0.2, 0.25) is 0 Å². The number of pyridine rings is 1. The van der Waals surface area contributed by atoms with Crippen LogP contribution in [0.15, 0.2) is 47.2 Å². The first-order valence-corrected chi connectivity index (χ1v) is 6.21. The summed E-state index contributed by atoms with van der Waals surface area (Å²) < 4.78 is 39.5. The summed E-state index contributed by atoms with van der Waals surface area (Å²) >= 11 is 3.29. The molecule has 0 amide bonds. The van der Waals surface area contributed by atoms with E-state index in [1.54, 1.807) is 24.3 Å². The number of benzene rings is 1. The number of hydrogen-bond acceptors (Lipinski definition) is 2. The van der Waals surface area contributed by atoms with E-state index in [2.05, 4.69) is 20.9 Å². The van der Waals surface area contributed by atoms with Crippen LogP contribution >= 0.6 is 15.9 Å². The van der Waals surface area contributed by atoms with Crippen LogP contribution in [0.4, 0.5) is 13.2 Å². The summed E-state index contributed by atoms with van der Waals surface area (Å²) in [6, 6.07) is 6.96. The zero-order chi connectivity index (χ0) is 14.0. The molecule has 1 atom stereocenters. The summed E-state index contributed by atoms with van der Waals surface area (Å²) in [4.78, 5) is 3.74. The van der Waals surface area contributed by atoms with Crippen LogP contribution in [0.25, 0.3) is 0 Å². The average Bonchev–Trinajstić information content (AvgIpc) is 2.37. The van der Waals surface area contributed by atoms with Crippen LogP contribution < -0.4 is 5.73 Å². The van der Waals surface area contributed by atoms with Crippen LogP contribution in [0.3, 0.4) is 0 Å². The Morgan fingerprint density at radius 1 is 1.11 bits per heavy atom. The van der Waals surface area contributed by atoms with E-state index in [4.69, 9.17) is 5.73 Å². The number of aromatic nitrogens is 1. The van der Waals surface area contributed by atoms with Crippen molar-refractivity contribution in [3.05, 3.63) is 63.9 Å². The molecule has 0 spiro atoms. The van der Waals surface area contributed by atoms with E-state index in [0.29, 0.717) is 10.0 Å². The van der Waals surface area contributed by atoms with Crippen molar-refractivity contribution in [1.29, 1.82) is 0 Å². The van der Waals surface area contributed by atoms with Crippen LogP contribution in [-0.4, -0.2) is 4.98 Å². The Hall–Kier alpha value is -1.40. The number of halogens is 4. The number of rotatable bonds is 2. The Morgan fingerprint density at radius 2 is 1.79 bits per heavy atom. The highest BCUT2D eigenvalue weighted by atomic mass is 79.9. The lowest BCUT2D eigenvalue weighted by Gasteiger charge is -2.19. The first-order valence-electron chi connectivity index (χ1n) is 5.42. The van der Waals surface area contributed by atoms with Crippen molar-refractivity contribution in [3.63, 3.8) is 0 Å². The summed E-state index contributed by atoms with van der Waals surface area (Å²) in [6.07, 6.45) is -2.18. The summed E-state index contributed by atoms with van der Waals surface area (Å²) in [7, 11) is 0. The van der Waals surface area contributed by atoms with Gasteiger partial charge in [0, 0.05) is 22.4 Å². The van der Waals surface area contributed by atoms with Crippen molar-refractivity contribution >= 4 is 15.9 Å². The molecule has 2 aromatic rings. The van der Waals surface area contributed by atoms with E-state index in [1.807, 2.05) is 0 Å². The minimum atomic E-state index is -4.45. The first kappa shape index (κ1) is 14.0. The SMILES string of the molecule is NC(c1ccccc1Br)c1cnccc1C(F)(F)F. The average molecular weight is 331 g/mol. The van der Waals surface area contributed by atoms with Gasteiger partial charge in [-0.2, -0.15) is 13.2 Å². The molecule has 1 aromatic heterocycles. The summed E-state index contributed by atoms with van der Waals surface area (Å²) in [5.74, 6) is 0. The second-order valence-electron chi connectivity index (χ2n) is 3.96. The molecule has 0 bridgehead atoms. The molecule has 19 heavy (non-hydrogen) atoms. The number of nitrogens with two attached hydrogens (primary N) is 1. The third-order valence-electron chi connectivity index (χ3n) is 2.73. The van der Waals surface area contributed by atoms with E-state index >= 15 is 0 Å². The molecule has 2 nitrogen and oxygen atoms in total. The zero-order valence-electron chi connectivity index (χ0n) is 9.66. The van der Waals surface area contributed by atoms with Gasteiger partial charge in [-0.25, -0.2) is 0 Å². The van der Waals surface area contributed by atoms with Crippen LogP contribution in [-0.2, 0) is 6.18 Å². The third kappa shape index (κ3) is 2.96. The summed E-state index contributed by atoms with van der Waals surface area (Å²) in [5, 5.41) is 0. The lowest BCUT2D eigenvalue weighted by molar-refractivity contribution is -0.138. The Kier molecular flexibility index (Phi) is 3.91. The number of hydrogen-bond donors (Lipinski definition) is 1. The van der Waals surface area contributed by atoms with Crippen LogP contribution in [0.2, 0.25) is 0 Å². The number of nitrogens with zero attached hydrogens (tertiary/aromatic N) is 1. The molecular formula is C13H10BrF3N2. The molecule has 0 saturated carbocycles. The van der Waals surface area contributed by atoms with Crippen molar-refractivity contribution in [2.24, 2.45) is 5.73 Å². The Bertz CT molecular complexity index is 584. The lowest BCUT2D eigenvalue weighted by Crippen LogP contribution is -2.19. The Morgan fingerprint density at radius 3 is 2.42 bits per heavy atom. The second kappa shape index (κ2) is 5.30. The van der Waals surface area contributed by atoms with E-state index in [1.165, 1.54) is 0 Å². The molecule has 1 aromatic carbocycles. The van der Waals surface area contributed by atoms with Crippen molar-refractivity contribution in [2.75, 3.05) is 0 Å². The predicted octanol–water partition coefficient (Wildman–Crippen LogP) is 3.91. The van der Waals surface area contributed by atoms with Gasteiger partial charge in [0.05, 0.1) is 11.6 Å². The molecule has 0 fully saturated rings. The third-order valence-corrected chi connectivity index (χ3v) is 3.45. The van der Waals surface area contributed by atoms with Gasteiger partial charge in [-0.15, -0.1) is 0 Å². The Balaban J connectivity index is 2.51. The van der Waals surface area contributed by atoms with Crippen molar-refractivity contribution in [1.82, 2.24) is 4.98 Å². The molecular weight excluding hydrogens is 321 g/mol. The van der Waals surface area contributed by atoms with Crippen molar-refractivity contribution in [2.45, 2.75) is 12.2 Å². The largest absolute Gasteiger partial charge is 0.416 e. The van der Waals surface area contributed by atoms with Gasteiger partial charge in [0.25, 0.3) is 0 Å². The van der Waals surface area contributed by atoms with Gasteiger partial charge >= 0.3 is 6.18 Å². The van der Waals surface area contributed by atoms with Crippen LogP contribution in [0.1, 0.15) is 22.7 Å². The summed E-state index contributed by atoms with van der Waals surface area (Å²) in [6.45, 7) is 0. The second-order valence-corrected chi connectivity index (χ2v) is 4.81. The maximum absolute atomic E-state index is 12.9. The highest BCUT2D eigenvalue weighted by molar-refractivity contribution is 9.10. The quantitative estimate of drug-likeness (QED) is 0.906. The van der Waals surface area contributed by atoms with Gasteiger partial charge in [0.15, 0.2) is 0 Å². The Labute approximate surface area is 116 Å². The normalized spacial score (nSPS) is 13.3. The number of alkyl halides is 3. The fourth-order valence-corrected chi connectivity index (χ4v) is 2.34. The smallest absolute Gasteiger partial charge is 0.320 e. The van der Waals surface area contributed by atoms with Crippen LogP contribution in [0, 0.1) is 0 Å². The zero-order valence-corrected chi connectivity index (χ0v) is 11.2. The minimum Gasteiger partial charge on any atom is -0.320 e. The standard InChI is InChI=1S/C13H10BrF3N2/c14-11-4-2-1-3-8(11)12(18)9-7-19-6-5-10(9)13(15,16)17/h1-7,12H,18H2. The molecule has 2 N–H and O–H groups in total. The topological polar surface area (TPSA) is 38.9 Å². The first-order chi connectivity index (χ1) is 8.91. The maximum atomic E-state index is 12.9. The van der Waals surface area contributed by atoms with Crippen LogP contribution in [0.5, 0.6) is 0 Å². The van der Waals surface area contributed by atoms with Crippen molar-refractivity contribution in [3.8, 4) is 0 Å². The maximum Gasteiger partial charge on any atom is 0.416 e. The van der Waals surface area contributed by atoms with Gasteiger partial charge in [-0.3, -0.25) is 4.98 Å². The van der Waals surface area contributed by atoms with Gasteiger partial charge < -0.3 is 5.73 Å². The molecule has 100 valence electrons. The fraction of sp³-hybridized carbons (Fsp3) is 0.154. The molecule has 0 aliphatic carbocycles. The minimum absolute atomic E-state index is 0.0399. The van der Waals surface area contributed by atoms with Gasteiger partial charge in [-0.05, 0) is 17.7 Å². The molecule has 0 saturated heterocycles. The molecule has 0 aliphatic rings. The van der Waals surface area contributed by atoms with E-state index in [9.17, 15) is 13.2 Å². The van der Waals surface area contributed by atoms with E-state index < -0.39 is 17.8 Å². The monoisotopic (exact) mass is 330 g/mol. The highest BCUT2D eigenvalue weighted by Gasteiger charge is 2.35. The molecule has 6 heteroatoms.